The number of benzene rings is 1. The highest BCUT2D eigenvalue weighted by Crippen LogP contribution is 2.20. The Bertz CT molecular complexity index is 590. The van der Waals surface area contributed by atoms with Crippen LogP contribution >= 0.6 is 11.3 Å². The van der Waals surface area contributed by atoms with Crippen molar-refractivity contribution in [3.05, 3.63) is 40.8 Å². The van der Waals surface area contributed by atoms with Crippen molar-refractivity contribution in [2.45, 2.75) is 6.42 Å². The number of aromatic nitrogens is 1. The lowest BCUT2D eigenvalue weighted by Crippen LogP contribution is -2.49. The van der Waals surface area contributed by atoms with Gasteiger partial charge in [0.25, 0.3) is 0 Å². The third-order valence-corrected chi connectivity index (χ3v) is 4.44. The normalized spacial score (nSPS) is 15.2. The van der Waals surface area contributed by atoms with Gasteiger partial charge in [-0.15, -0.1) is 11.3 Å². The number of amides is 1. The molecule has 1 aromatic carbocycles. The number of carbonyl (C=O) groups excluding carboxylic acids is 1. The first-order chi connectivity index (χ1) is 10.2. The van der Waals surface area contributed by atoms with Gasteiger partial charge < -0.3 is 14.9 Å². The van der Waals surface area contributed by atoms with Gasteiger partial charge in [-0.05, 0) is 24.3 Å². The van der Waals surface area contributed by atoms with Crippen LogP contribution in [-0.4, -0.2) is 47.1 Å². The summed E-state index contributed by atoms with van der Waals surface area (Å²) in [5, 5.41) is 9.32. The van der Waals surface area contributed by atoms with Crippen molar-refractivity contribution < 1.29 is 9.90 Å². The van der Waals surface area contributed by atoms with Crippen molar-refractivity contribution >= 4 is 22.9 Å². The number of anilines is 1. The van der Waals surface area contributed by atoms with Crippen molar-refractivity contribution in [1.82, 2.24) is 9.88 Å². The SMILES string of the molecule is O=C(Cc1cncs1)N1CCN(c2ccc(O)cc2)CC1. The fourth-order valence-corrected chi connectivity index (χ4v) is 3.05. The lowest BCUT2D eigenvalue weighted by molar-refractivity contribution is -0.130. The average Bonchev–Trinajstić information content (AvgIpc) is 3.01. The van der Waals surface area contributed by atoms with Crippen LogP contribution in [0, 0.1) is 0 Å². The molecule has 0 atom stereocenters. The second kappa shape index (κ2) is 6.13. The minimum atomic E-state index is 0.171. The predicted molar refractivity (Wildman–Crippen MR) is 82.7 cm³/mol. The highest BCUT2D eigenvalue weighted by molar-refractivity contribution is 7.09. The van der Waals surface area contributed by atoms with E-state index >= 15 is 0 Å². The van der Waals surface area contributed by atoms with Crippen molar-refractivity contribution in [1.29, 1.82) is 0 Å². The van der Waals surface area contributed by atoms with E-state index in [1.54, 1.807) is 23.8 Å². The van der Waals surface area contributed by atoms with E-state index in [1.165, 1.54) is 11.3 Å². The van der Waals surface area contributed by atoms with Crippen LogP contribution in [0.3, 0.4) is 0 Å². The first-order valence-electron chi connectivity index (χ1n) is 6.91. The zero-order valence-corrected chi connectivity index (χ0v) is 12.4. The van der Waals surface area contributed by atoms with E-state index in [4.69, 9.17) is 0 Å². The van der Waals surface area contributed by atoms with Crippen LogP contribution in [0.5, 0.6) is 5.75 Å². The third kappa shape index (κ3) is 3.33. The number of carbonyl (C=O) groups is 1. The number of hydrogen-bond donors (Lipinski definition) is 1. The van der Waals surface area contributed by atoms with Gasteiger partial charge >= 0.3 is 0 Å². The summed E-state index contributed by atoms with van der Waals surface area (Å²) >= 11 is 1.52. The van der Waals surface area contributed by atoms with Crippen molar-refractivity contribution in [3.8, 4) is 5.75 Å². The second-order valence-corrected chi connectivity index (χ2v) is 6.00. The molecule has 6 heteroatoms. The molecule has 1 N–H and O–H groups in total. The molecule has 0 bridgehead atoms. The standard InChI is InChI=1S/C15H17N3O2S/c19-13-3-1-12(2-4-13)17-5-7-18(8-6-17)15(20)9-14-10-16-11-21-14/h1-4,10-11,19H,5-9H2. The van der Waals surface area contributed by atoms with Crippen LogP contribution in [0.2, 0.25) is 0 Å². The van der Waals surface area contributed by atoms with Gasteiger partial charge in [0.1, 0.15) is 5.75 Å². The molecular formula is C15H17N3O2S. The molecule has 2 heterocycles. The topological polar surface area (TPSA) is 56.7 Å². The monoisotopic (exact) mass is 303 g/mol. The molecule has 110 valence electrons. The summed E-state index contributed by atoms with van der Waals surface area (Å²) in [5.41, 5.74) is 2.84. The molecule has 0 radical (unpaired) electrons. The van der Waals surface area contributed by atoms with Gasteiger partial charge in [0, 0.05) is 42.9 Å². The molecule has 5 nitrogen and oxygen atoms in total. The summed E-state index contributed by atoms with van der Waals surface area (Å²) in [6.45, 7) is 3.11. The maximum Gasteiger partial charge on any atom is 0.228 e. The Morgan fingerprint density at radius 1 is 1.19 bits per heavy atom. The minimum Gasteiger partial charge on any atom is -0.508 e. The summed E-state index contributed by atoms with van der Waals surface area (Å²) in [4.78, 5) is 21.4. The maximum atomic E-state index is 12.2. The Morgan fingerprint density at radius 3 is 2.52 bits per heavy atom. The van der Waals surface area contributed by atoms with E-state index in [-0.39, 0.29) is 11.7 Å². The molecule has 0 saturated carbocycles. The van der Waals surface area contributed by atoms with Gasteiger partial charge in [-0.25, -0.2) is 0 Å². The van der Waals surface area contributed by atoms with Gasteiger partial charge in [-0.2, -0.15) is 0 Å². The number of rotatable bonds is 3. The number of phenols is 1. The van der Waals surface area contributed by atoms with E-state index < -0.39 is 0 Å². The van der Waals surface area contributed by atoms with Crippen molar-refractivity contribution in [2.75, 3.05) is 31.1 Å². The number of hydrogen-bond acceptors (Lipinski definition) is 5. The summed E-state index contributed by atoms with van der Waals surface area (Å²) < 4.78 is 0. The third-order valence-electron chi connectivity index (χ3n) is 3.66. The van der Waals surface area contributed by atoms with Gasteiger partial charge in [0.05, 0.1) is 11.9 Å². The molecule has 3 rings (SSSR count). The van der Waals surface area contributed by atoms with E-state index in [2.05, 4.69) is 9.88 Å². The Kier molecular flexibility index (Phi) is 4.06. The molecule has 1 amide bonds. The van der Waals surface area contributed by atoms with E-state index in [0.717, 1.165) is 36.7 Å². The Labute approximate surface area is 127 Å². The quantitative estimate of drug-likeness (QED) is 0.938. The van der Waals surface area contributed by atoms with E-state index in [9.17, 15) is 9.90 Å². The number of nitrogens with zero attached hydrogens (tertiary/aromatic N) is 3. The summed E-state index contributed by atoms with van der Waals surface area (Å²) in [5.74, 6) is 0.446. The van der Waals surface area contributed by atoms with Crippen molar-refractivity contribution in [3.63, 3.8) is 0 Å². The number of thiazole rings is 1. The largest absolute Gasteiger partial charge is 0.508 e. The van der Waals surface area contributed by atoms with Gasteiger partial charge in [-0.1, -0.05) is 0 Å². The molecule has 0 aliphatic carbocycles. The number of phenolic OH excluding ortho intramolecular Hbond substituents is 1. The predicted octanol–water partition coefficient (Wildman–Crippen LogP) is 1.74. The van der Waals surface area contributed by atoms with Gasteiger partial charge in [0.2, 0.25) is 5.91 Å². The fourth-order valence-electron chi connectivity index (χ4n) is 2.47. The van der Waals surface area contributed by atoms with Crippen LogP contribution in [0.15, 0.2) is 36.0 Å². The van der Waals surface area contributed by atoms with Crippen LogP contribution in [0.1, 0.15) is 4.88 Å². The number of piperazine rings is 1. The summed E-state index contributed by atoms with van der Waals surface area (Å²) in [7, 11) is 0. The first kappa shape index (κ1) is 13.9. The second-order valence-electron chi connectivity index (χ2n) is 5.03. The molecule has 1 aliphatic rings. The van der Waals surface area contributed by atoms with Gasteiger partial charge in [-0.3, -0.25) is 9.78 Å². The highest BCUT2D eigenvalue weighted by atomic mass is 32.1. The molecule has 1 fully saturated rings. The average molecular weight is 303 g/mol. The smallest absolute Gasteiger partial charge is 0.228 e. The zero-order valence-electron chi connectivity index (χ0n) is 11.6. The molecule has 1 saturated heterocycles. The summed E-state index contributed by atoms with van der Waals surface area (Å²) in [6, 6.07) is 7.20. The molecule has 0 unspecified atom stereocenters. The Balaban J connectivity index is 1.55. The fraction of sp³-hybridized carbons (Fsp3) is 0.333. The molecule has 21 heavy (non-hydrogen) atoms. The zero-order chi connectivity index (χ0) is 14.7. The Morgan fingerprint density at radius 2 is 1.90 bits per heavy atom. The van der Waals surface area contributed by atoms with Crippen LogP contribution in [0.25, 0.3) is 0 Å². The molecular weight excluding hydrogens is 286 g/mol. The lowest BCUT2D eigenvalue weighted by atomic mass is 10.2. The molecule has 0 spiro atoms. The van der Waals surface area contributed by atoms with Crippen LogP contribution < -0.4 is 4.90 Å². The summed E-state index contributed by atoms with van der Waals surface area (Å²) in [6.07, 6.45) is 2.21. The lowest BCUT2D eigenvalue weighted by Gasteiger charge is -2.36. The minimum absolute atomic E-state index is 0.171. The molecule has 2 aromatic rings. The first-order valence-corrected chi connectivity index (χ1v) is 7.79. The van der Waals surface area contributed by atoms with Crippen LogP contribution in [-0.2, 0) is 11.2 Å². The van der Waals surface area contributed by atoms with Crippen LogP contribution in [0.4, 0.5) is 5.69 Å². The highest BCUT2D eigenvalue weighted by Gasteiger charge is 2.21. The molecule has 1 aliphatic heterocycles. The maximum absolute atomic E-state index is 12.2. The Hall–Kier alpha value is -2.08. The molecule has 1 aromatic heterocycles. The van der Waals surface area contributed by atoms with Crippen molar-refractivity contribution in [2.24, 2.45) is 0 Å². The van der Waals surface area contributed by atoms with Gasteiger partial charge in [0.15, 0.2) is 0 Å². The number of aromatic hydroxyl groups is 1. The van der Waals surface area contributed by atoms with E-state index in [1.807, 2.05) is 17.0 Å². The van der Waals surface area contributed by atoms with E-state index in [0.29, 0.717) is 6.42 Å².